The quantitative estimate of drug-likeness (QED) is 0.871. The van der Waals surface area contributed by atoms with Crippen molar-refractivity contribution >= 4 is 27.5 Å². The zero-order valence-corrected chi connectivity index (χ0v) is 15.3. The maximum Gasteiger partial charge on any atom is 0.254 e. The fourth-order valence-corrected chi connectivity index (χ4v) is 3.93. The van der Waals surface area contributed by atoms with E-state index in [2.05, 4.69) is 10.4 Å². The van der Waals surface area contributed by atoms with E-state index in [-0.39, 0.29) is 11.9 Å². The molecular formula is C16H19ClN4O3S. The van der Waals surface area contributed by atoms with E-state index >= 15 is 0 Å². The van der Waals surface area contributed by atoms with Crippen LogP contribution in [0, 0.1) is 0 Å². The number of halogens is 1. The third-order valence-electron chi connectivity index (χ3n) is 4.11. The number of carbonyl (C=O) groups is 1. The third kappa shape index (κ3) is 4.39. The Morgan fingerprint density at radius 2 is 2.20 bits per heavy atom. The van der Waals surface area contributed by atoms with Gasteiger partial charge in [0.1, 0.15) is 0 Å². The SMILES string of the molecule is CS(=O)(=O)N1CCCC(NC(=O)c2cnn(-c3cccc(Cl)c3)c2)C1. The van der Waals surface area contributed by atoms with Crippen LogP contribution >= 0.6 is 11.6 Å². The minimum atomic E-state index is -3.24. The van der Waals surface area contributed by atoms with Gasteiger partial charge in [-0.3, -0.25) is 4.79 Å². The maximum absolute atomic E-state index is 12.4. The highest BCUT2D eigenvalue weighted by molar-refractivity contribution is 7.88. The Morgan fingerprint density at radius 1 is 1.40 bits per heavy atom. The van der Waals surface area contributed by atoms with Gasteiger partial charge in [-0.05, 0) is 31.0 Å². The van der Waals surface area contributed by atoms with Gasteiger partial charge >= 0.3 is 0 Å². The molecule has 2 aromatic rings. The van der Waals surface area contributed by atoms with E-state index in [1.165, 1.54) is 16.8 Å². The molecule has 1 aromatic carbocycles. The molecule has 0 saturated carbocycles. The second-order valence-electron chi connectivity index (χ2n) is 6.09. The molecule has 1 amide bonds. The third-order valence-corrected chi connectivity index (χ3v) is 5.61. The lowest BCUT2D eigenvalue weighted by Crippen LogP contribution is -2.49. The summed E-state index contributed by atoms with van der Waals surface area (Å²) in [6, 6.07) is 6.96. The predicted molar refractivity (Wildman–Crippen MR) is 95.5 cm³/mol. The standard InChI is InChI=1S/C16H19ClN4O3S/c1-25(23,24)20-7-3-5-14(11-20)19-16(22)12-9-18-21(10-12)15-6-2-4-13(17)8-15/h2,4,6,8-10,14H,3,5,7,11H2,1H3,(H,19,22). The van der Waals surface area contributed by atoms with Crippen LogP contribution in [0.15, 0.2) is 36.7 Å². The molecule has 3 rings (SSSR count). The van der Waals surface area contributed by atoms with Crippen LogP contribution < -0.4 is 5.32 Å². The number of carbonyl (C=O) groups excluding carboxylic acids is 1. The number of hydrogen-bond acceptors (Lipinski definition) is 4. The van der Waals surface area contributed by atoms with Crippen molar-refractivity contribution in [3.05, 3.63) is 47.2 Å². The van der Waals surface area contributed by atoms with Crippen LogP contribution in [0.4, 0.5) is 0 Å². The van der Waals surface area contributed by atoms with E-state index in [4.69, 9.17) is 11.6 Å². The molecule has 9 heteroatoms. The number of nitrogens with one attached hydrogen (secondary N) is 1. The first-order valence-corrected chi connectivity index (χ1v) is 10.1. The Balaban J connectivity index is 1.68. The molecule has 0 radical (unpaired) electrons. The number of rotatable bonds is 4. The topological polar surface area (TPSA) is 84.3 Å². The Hall–Kier alpha value is -1.90. The van der Waals surface area contributed by atoms with Crippen molar-refractivity contribution in [3.63, 3.8) is 0 Å². The van der Waals surface area contributed by atoms with Crippen LogP contribution in [-0.2, 0) is 10.0 Å². The summed E-state index contributed by atoms with van der Waals surface area (Å²) in [5, 5.41) is 7.66. The van der Waals surface area contributed by atoms with Gasteiger partial charge < -0.3 is 5.32 Å². The number of nitrogens with zero attached hydrogens (tertiary/aromatic N) is 3. The number of hydrogen-bond donors (Lipinski definition) is 1. The van der Waals surface area contributed by atoms with Crippen molar-refractivity contribution < 1.29 is 13.2 Å². The zero-order valence-electron chi connectivity index (χ0n) is 13.7. The number of benzene rings is 1. The van der Waals surface area contributed by atoms with Crippen molar-refractivity contribution in [2.45, 2.75) is 18.9 Å². The molecule has 2 heterocycles. The van der Waals surface area contributed by atoms with Gasteiger partial charge in [0.2, 0.25) is 10.0 Å². The second kappa shape index (κ2) is 7.15. The van der Waals surface area contributed by atoms with Crippen molar-refractivity contribution in [1.82, 2.24) is 19.4 Å². The van der Waals surface area contributed by atoms with Crippen molar-refractivity contribution in [3.8, 4) is 5.69 Å². The van der Waals surface area contributed by atoms with Gasteiger partial charge in [0.05, 0.1) is 23.7 Å². The lowest BCUT2D eigenvalue weighted by Gasteiger charge is -2.31. The molecule has 0 spiro atoms. The molecule has 1 N–H and O–H groups in total. The van der Waals surface area contributed by atoms with Gasteiger partial charge in [-0.2, -0.15) is 5.10 Å². The molecule has 25 heavy (non-hydrogen) atoms. The molecule has 0 aliphatic carbocycles. The predicted octanol–water partition coefficient (Wildman–Crippen LogP) is 1.68. The lowest BCUT2D eigenvalue weighted by molar-refractivity contribution is 0.0921. The minimum absolute atomic E-state index is 0.203. The summed E-state index contributed by atoms with van der Waals surface area (Å²) in [5.74, 6) is -0.270. The number of sulfonamides is 1. The summed E-state index contributed by atoms with van der Waals surface area (Å²) in [7, 11) is -3.24. The van der Waals surface area contributed by atoms with E-state index < -0.39 is 10.0 Å². The molecule has 1 fully saturated rings. The minimum Gasteiger partial charge on any atom is -0.348 e. The summed E-state index contributed by atoms with van der Waals surface area (Å²) in [5.41, 5.74) is 1.17. The van der Waals surface area contributed by atoms with Crippen LogP contribution in [0.25, 0.3) is 5.69 Å². The smallest absolute Gasteiger partial charge is 0.254 e. The molecular weight excluding hydrogens is 364 g/mol. The molecule has 1 aromatic heterocycles. The highest BCUT2D eigenvalue weighted by atomic mass is 35.5. The summed E-state index contributed by atoms with van der Waals surface area (Å²) >= 11 is 5.97. The van der Waals surface area contributed by atoms with Gasteiger partial charge in [-0.15, -0.1) is 0 Å². The van der Waals surface area contributed by atoms with Gasteiger partial charge in [0.15, 0.2) is 0 Å². The second-order valence-corrected chi connectivity index (χ2v) is 8.51. The van der Waals surface area contributed by atoms with Gasteiger partial charge in [0, 0.05) is 30.4 Å². The fourth-order valence-electron chi connectivity index (χ4n) is 2.83. The summed E-state index contributed by atoms with van der Waals surface area (Å²) in [6.45, 7) is 0.797. The normalized spacial score (nSPS) is 18.9. The first-order valence-electron chi connectivity index (χ1n) is 7.89. The van der Waals surface area contributed by atoms with Gasteiger partial charge in [-0.1, -0.05) is 17.7 Å². The van der Waals surface area contributed by atoms with Crippen molar-refractivity contribution in [2.24, 2.45) is 0 Å². The molecule has 1 atom stereocenters. The van der Waals surface area contributed by atoms with E-state index in [0.717, 1.165) is 18.5 Å². The van der Waals surface area contributed by atoms with Crippen LogP contribution in [0.1, 0.15) is 23.2 Å². The summed E-state index contributed by atoms with van der Waals surface area (Å²) < 4.78 is 26.3. The van der Waals surface area contributed by atoms with Crippen LogP contribution in [0.5, 0.6) is 0 Å². The van der Waals surface area contributed by atoms with Crippen molar-refractivity contribution in [1.29, 1.82) is 0 Å². The van der Waals surface area contributed by atoms with Crippen molar-refractivity contribution in [2.75, 3.05) is 19.3 Å². The van der Waals surface area contributed by atoms with E-state index in [9.17, 15) is 13.2 Å². The van der Waals surface area contributed by atoms with E-state index in [0.29, 0.717) is 23.7 Å². The van der Waals surface area contributed by atoms with Crippen LogP contribution in [0.2, 0.25) is 5.02 Å². The number of aromatic nitrogens is 2. The van der Waals surface area contributed by atoms with E-state index in [1.54, 1.807) is 29.1 Å². The molecule has 134 valence electrons. The number of amides is 1. The summed E-state index contributed by atoms with van der Waals surface area (Å²) in [4.78, 5) is 12.4. The van der Waals surface area contributed by atoms with Crippen LogP contribution in [-0.4, -0.2) is 53.8 Å². The molecule has 0 bridgehead atoms. The Morgan fingerprint density at radius 3 is 2.92 bits per heavy atom. The Bertz CT molecular complexity index is 881. The van der Waals surface area contributed by atoms with Gasteiger partial charge in [-0.25, -0.2) is 17.4 Å². The molecule has 1 aliphatic rings. The molecule has 1 aliphatic heterocycles. The average molecular weight is 383 g/mol. The van der Waals surface area contributed by atoms with Crippen LogP contribution in [0.3, 0.4) is 0 Å². The van der Waals surface area contributed by atoms with E-state index in [1.807, 2.05) is 6.07 Å². The highest BCUT2D eigenvalue weighted by Crippen LogP contribution is 2.16. The number of piperidine rings is 1. The first kappa shape index (κ1) is 17.9. The summed E-state index contributed by atoms with van der Waals surface area (Å²) in [6.07, 6.45) is 5.76. The Kier molecular flexibility index (Phi) is 5.12. The van der Waals surface area contributed by atoms with Gasteiger partial charge in [0.25, 0.3) is 5.91 Å². The fraction of sp³-hybridized carbons (Fsp3) is 0.375. The molecule has 7 nitrogen and oxygen atoms in total. The average Bonchev–Trinajstić information content (AvgIpc) is 3.04. The first-order chi connectivity index (χ1) is 11.8. The molecule has 1 unspecified atom stereocenters. The Labute approximate surface area is 151 Å². The molecule has 1 saturated heterocycles. The largest absolute Gasteiger partial charge is 0.348 e. The zero-order chi connectivity index (χ0) is 18.0. The highest BCUT2D eigenvalue weighted by Gasteiger charge is 2.27. The lowest BCUT2D eigenvalue weighted by atomic mass is 10.1. The maximum atomic E-state index is 12.4. The monoisotopic (exact) mass is 382 g/mol.